The van der Waals surface area contributed by atoms with Gasteiger partial charge in [-0.2, -0.15) is 0 Å². The van der Waals surface area contributed by atoms with Gasteiger partial charge in [0.25, 0.3) is 0 Å². The van der Waals surface area contributed by atoms with Gasteiger partial charge < -0.3 is 14.4 Å². The third kappa shape index (κ3) is 4.36. The first kappa shape index (κ1) is 17.0. The van der Waals surface area contributed by atoms with E-state index in [9.17, 15) is 5.11 Å². The number of rotatable bonds is 7. The van der Waals surface area contributed by atoms with Crippen LogP contribution in [0.3, 0.4) is 0 Å². The molecule has 1 unspecified atom stereocenters. The van der Waals surface area contributed by atoms with Crippen molar-refractivity contribution in [3.05, 3.63) is 48.5 Å². The molecule has 130 valence electrons. The first-order chi connectivity index (χ1) is 11.7. The minimum absolute atomic E-state index is 0.330. The molecule has 5 nitrogen and oxygen atoms in total. The Morgan fingerprint density at radius 1 is 1.29 bits per heavy atom. The molecule has 1 aromatic heterocycles. The van der Waals surface area contributed by atoms with Crippen molar-refractivity contribution in [1.82, 2.24) is 14.5 Å². The van der Waals surface area contributed by atoms with Crippen LogP contribution in [0.2, 0.25) is 0 Å². The number of aryl methyl sites for hydroxylation is 1. The Hall–Kier alpha value is -1.85. The Morgan fingerprint density at radius 3 is 2.92 bits per heavy atom. The minimum Gasteiger partial charge on any atom is -0.491 e. The van der Waals surface area contributed by atoms with Crippen LogP contribution < -0.4 is 4.74 Å². The zero-order valence-corrected chi connectivity index (χ0v) is 14.4. The summed E-state index contributed by atoms with van der Waals surface area (Å²) >= 11 is 0. The summed E-state index contributed by atoms with van der Waals surface area (Å²) in [5.74, 6) is 1.88. The zero-order chi connectivity index (χ0) is 16.8. The number of benzene rings is 1. The fraction of sp³-hybridized carbons (Fsp3) is 0.526. The molecule has 1 aliphatic heterocycles. The molecule has 1 fully saturated rings. The lowest BCUT2D eigenvalue weighted by Gasteiger charge is -2.38. The summed E-state index contributed by atoms with van der Waals surface area (Å²) < 4.78 is 8.00. The number of imidazole rings is 1. The van der Waals surface area contributed by atoms with E-state index in [1.807, 2.05) is 42.7 Å². The molecule has 0 spiro atoms. The third-order valence-corrected chi connectivity index (χ3v) is 4.52. The maximum absolute atomic E-state index is 10.9. The van der Waals surface area contributed by atoms with Crippen molar-refractivity contribution in [2.24, 2.45) is 0 Å². The number of hydrogen-bond acceptors (Lipinski definition) is 4. The van der Waals surface area contributed by atoms with Gasteiger partial charge in [0.15, 0.2) is 0 Å². The van der Waals surface area contributed by atoms with Crippen LogP contribution in [0.5, 0.6) is 5.75 Å². The van der Waals surface area contributed by atoms with Crippen molar-refractivity contribution in [1.29, 1.82) is 0 Å². The molecule has 1 aromatic carbocycles. The average Bonchev–Trinajstić information content (AvgIpc) is 3.02. The van der Waals surface area contributed by atoms with Crippen molar-refractivity contribution in [3.63, 3.8) is 0 Å². The van der Waals surface area contributed by atoms with Gasteiger partial charge in [-0.3, -0.25) is 4.90 Å². The maximum atomic E-state index is 10.9. The molecule has 1 N–H and O–H groups in total. The van der Waals surface area contributed by atoms with Crippen LogP contribution in [0, 0.1) is 0 Å². The molecular formula is C19H27N3O2. The van der Waals surface area contributed by atoms with E-state index in [1.54, 1.807) is 0 Å². The molecule has 0 aliphatic carbocycles. The second-order valence-electron chi connectivity index (χ2n) is 6.68. The van der Waals surface area contributed by atoms with Crippen LogP contribution in [0.1, 0.15) is 32.0 Å². The Kier molecular flexibility index (Phi) is 5.53. The lowest BCUT2D eigenvalue weighted by Crippen LogP contribution is -2.51. The van der Waals surface area contributed by atoms with Crippen molar-refractivity contribution < 1.29 is 9.84 Å². The van der Waals surface area contributed by atoms with Gasteiger partial charge in [0.05, 0.1) is 6.54 Å². The minimum atomic E-state index is -0.795. The highest BCUT2D eigenvalue weighted by Crippen LogP contribution is 2.24. The van der Waals surface area contributed by atoms with E-state index in [1.165, 1.54) is 0 Å². The molecule has 1 atom stereocenters. The quantitative estimate of drug-likeness (QED) is 0.848. The van der Waals surface area contributed by atoms with Gasteiger partial charge in [-0.25, -0.2) is 4.98 Å². The van der Waals surface area contributed by atoms with Crippen LogP contribution in [0.15, 0.2) is 42.7 Å². The second kappa shape index (κ2) is 7.81. The number of aliphatic hydroxyl groups is 1. The number of β-amino-alcohol motifs (C(OH)–C–C–N with tert-alkyl or cyclic N) is 1. The first-order valence-corrected chi connectivity index (χ1v) is 8.81. The van der Waals surface area contributed by atoms with Crippen molar-refractivity contribution in [2.45, 2.75) is 44.9 Å². The fourth-order valence-corrected chi connectivity index (χ4v) is 3.33. The summed E-state index contributed by atoms with van der Waals surface area (Å²) in [6, 6.07) is 9.69. The molecule has 2 aromatic rings. The van der Waals surface area contributed by atoms with Crippen LogP contribution in [0.25, 0.3) is 0 Å². The van der Waals surface area contributed by atoms with Gasteiger partial charge in [-0.15, -0.1) is 0 Å². The number of aromatic nitrogens is 2. The van der Waals surface area contributed by atoms with Gasteiger partial charge in [0.1, 0.15) is 23.8 Å². The molecule has 0 amide bonds. The van der Waals surface area contributed by atoms with E-state index in [2.05, 4.69) is 21.4 Å². The van der Waals surface area contributed by atoms with E-state index < -0.39 is 5.60 Å². The Labute approximate surface area is 143 Å². The highest BCUT2D eigenvalue weighted by atomic mass is 16.5. The van der Waals surface area contributed by atoms with E-state index in [0.717, 1.165) is 50.5 Å². The second-order valence-corrected chi connectivity index (χ2v) is 6.68. The van der Waals surface area contributed by atoms with E-state index in [0.29, 0.717) is 13.2 Å². The Balaban J connectivity index is 1.57. The molecule has 5 heteroatoms. The summed E-state index contributed by atoms with van der Waals surface area (Å²) in [6.07, 6.45) is 6.74. The molecule has 0 radical (unpaired) electrons. The topological polar surface area (TPSA) is 50.5 Å². The predicted octanol–water partition coefficient (Wildman–Crippen LogP) is 2.70. The summed E-state index contributed by atoms with van der Waals surface area (Å²) in [6.45, 7) is 5.89. The molecule has 1 aliphatic rings. The summed E-state index contributed by atoms with van der Waals surface area (Å²) in [7, 11) is 0. The Bertz CT molecular complexity index is 629. The highest BCUT2D eigenvalue weighted by molar-refractivity contribution is 5.21. The third-order valence-electron chi connectivity index (χ3n) is 4.52. The number of piperidine rings is 1. The molecule has 24 heavy (non-hydrogen) atoms. The molecule has 0 saturated carbocycles. The largest absolute Gasteiger partial charge is 0.491 e. The number of likely N-dealkylation sites (tertiary alicyclic amines) is 1. The maximum Gasteiger partial charge on any atom is 0.122 e. The van der Waals surface area contributed by atoms with Gasteiger partial charge >= 0.3 is 0 Å². The normalized spacial score (nSPS) is 21.8. The van der Waals surface area contributed by atoms with Crippen molar-refractivity contribution in [3.8, 4) is 5.75 Å². The van der Waals surface area contributed by atoms with E-state index in [4.69, 9.17) is 4.74 Å². The Morgan fingerprint density at radius 2 is 2.12 bits per heavy atom. The lowest BCUT2D eigenvalue weighted by atomic mass is 9.93. The van der Waals surface area contributed by atoms with Crippen LogP contribution in [0.4, 0.5) is 0 Å². The molecule has 2 heterocycles. The molecular weight excluding hydrogens is 302 g/mol. The fourth-order valence-electron chi connectivity index (χ4n) is 3.33. The smallest absolute Gasteiger partial charge is 0.122 e. The summed E-state index contributed by atoms with van der Waals surface area (Å²) in [4.78, 5) is 6.76. The van der Waals surface area contributed by atoms with Gasteiger partial charge in [-0.05, 0) is 37.9 Å². The van der Waals surface area contributed by atoms with Crippen molar-refractivity contribution >= 4 is 0 Å². The van der Waals surface area contributed by atoms with Gasteiger partial charge in [-0.1, -0.05) is 25.1 Å². The number of para-hydroxylation sites is 1. The first-order valence-electron chi connectivity index (χ1n) is 8.81. The molecule has 1 saturated heterocycles. The van der Waals surface area contributed by atoms with Crippen molar-refractivity contribution in [2.75, 3.05) is 19.7 Å². The summed E-state index contributed by atoms with van der Waals surface area (Å²) in [5, 5.41) is 10.9. The van der Waals surface area contributed by atoms with Gasteiger partial charge in [0, 0.05) is 25.5 Å². The predicted molar refractivity (Wildman–Crippen MR) is 93.9 cm³/mol. The highest BCUT2D eigenvalue weighted by Gasteiger charge is 2.34. The number of ether oxygens (including phenoxy) is 1. The average molecular weight is 329 g/mol. The number of nitrogens with zero attached hydrogens (tertiary/aromatic N) is 3. The van der Waals surface area contributed by atoms with Crippen LogP contribution >= 0.6 is 0 Å². The van der Waals surface area contributed by atoms with Gasteiger partial charge in [0.2, 0.25) is 0 Å². The molecule has 3 rings (SSSR count). The van der Waals surface area contributed by atoms with Crippen LogP contribution in [-0.2, 0) is 13.1 Å². The standard InChI is InChI=1S/C19H27N3O2/c1-2-11-22-13-10-20-18(22)14-21-12-6-9-19(23,15-21)16-24-17-7-4-3-5-8-17/h3-5,7-8,10,13,23H,2,6,9,11-12,14-16H2,1H3. The van der Waals surface area contributed by atoms with E-state index >= 15 is 0 Å². The number of hydrogen-bond donors (Lipinski definition) is 1. The zero-order valence-electron chi connectivity index (χ0n) is 14.4. The van der Waals surface area contributed by atoms with Crippen LogP contribution in [-0.4, -0.2) is 44.9 Å². The summed E-state index contributed by atoms with van der Waals surface area (Å²) in [5.41, 5.74) is -0.795. The SMILES string of the molecule is CCCn1ccnc1CN1CCCC(O)(COc2ccccc2)C1. The lowest BCUT2D eigenvalue weighted by molar-refractivity contribution is -0.0627. The molecule has 0 bridgehead atoms. The monoisotopic (exact) mass is 329 g/mol. The van der Waals surface area contributed by atoms with E-state index in [-0.39, 0.29) is 0 Å².